The Kier molecular flexibility index (Phi) is 5.99. The summed E-state index contributed by atoms with van der Waals surface area (Å²) in [5, 5.41) is 0. The molecule has 0 unspecified atom stereocenters. The molecule has 0 spiro atoms. The Bertz CT molecular complexity index is 750. The normalized spacial score (nSPS) is 17.6. The fraction of sp³-hybridized carbons (Fsp3) is 0.150. The van der Waals surface area contributed by atoms with E-state index in [1.807, 2.05) is 86.7 Å². The summed E-state index contributed by atoms with van der Waals surface area (Å²) in [6.07, 6.45) is 5.48. The van der Waals surface area contributed by atoms with Gasteiger partial charge in [0.25, 0.3) is 0 Å². The van der Waals surface area contributed by atoms with Crippen LogP contribution < -0.4 is 0 Å². The highest BCUT2D eigenvalue weighted by Gasteiger charge is 2.28. The number of benzene rings is 2. The van der Waals surface area contributed by atoms with Gasteiger partial charge in [-0.15, -0.1) is 17.0 Å². The van der Waals surface area contributed by atoms with Crippen LogP contribution in [0.25, 0.3) is 5.76 Å². The molecule has 3 nitrogen and oxygen atoms in total. The van der Waals surface area contributed by atoms with E-state index >= 15 is 0 Å². The lowest BCUT2D eigenvalue weighted by atomic mass is 10.1. The number of ether oxygens (including phenoxy) is 2. The largest absolute Gasteiger partial charge is 0.453 e. The third-order valence-electron chi connectivity index (χ3n) is 3.27. The zero-order valence-corrected chi connectivity index (χ0v) is 15.4. The van der Waals surface area contributed by atoms with E-state index in [0.29, 0.717) is 0 Å². The SMILES string of the molecule is Br.CC1(C)OC(c2ccccc2)=C/C(=C/C=Nc2ccccc2)O1. The monoisotopic (exact) mass is 385 g/mol. The maximum atomic E-state index is 5.91. The van der Waals surface area contributed by atoms with E-state index < -0.39 is 5.79 Å². The summed E-state index contributed by atoms with van der Waals surface area (Å²) in [5.41, 5.74) is 1.93. The van der Waals surface area contributed by atoms with Crippen LogP contribution in [-0.2, 0) is 9.47 Å². The Balaban J connectivity index is 0.00000208. The van der Waals surface area contributed by atoms with Gasteiger partial charge in [-0.25, -0.2) is 0 Å². The second kappa shape index (κ2) is 7.97. The minimum atomic E-state index is -0.716. The van der Waals surface area contributed by atoms with Crippen molar-refractivity contribution in [1.82, 2.24) is 0 Å². The van der Waals surface area contributed by atoms with Gasteiger partial charge < -0.3 is 9.47 Å². The average molecular weight is 386 g/mol. The number of aliphatic imine (C=N–C) groups is 1. The van der Waals surface area contributed by atoms with Crippen LogP contribution in [0.2, 0.25) is 0 Å². The summed E-state index contributed by atoms with van der Waals surface area (Å²) in [5.74, 6) is 0.799. The first-order valence-corrected chi connectivity index (χ1v) is 7.57. The van der Waals surface area contributed by atoms with Crippen LogP contribution in [0.15, 0.2) is 83.6 Å². The Hall–Kier alpha value is -2.33. The molecule has 0 radical (unpaired) electrons. The maximum absolute atomic E-state index is 5.91. The van der Waals surface area contributed by atoms with Crippen LogP contribution in [-0.4, -0.2) is 12.0 Å². The molecule has 2 aromatic rings. The Morgan fingerprint density at radius 3 is 2.17 bits per heavy atom. The van der Waals surface area contributed by atoms with E-state index in [1.165, 1.54) is 0 Å². The van der Waals surface area contributed by atoms with Crippen molar-refractivity contribution < 1.29 is 9.47 Å². The lowest BCUT2D eigenvalue weighted by Gasteiger charge is -2.33. The third kappa shape index (κ3) is 4.83. The minimum Gasteiger partial charge on any atom is -0.453 e. The Labute approximate surface area is 153 Å². The molecule has 0 aromatic heterocycles. The molecular weight excluding hydrogens is 366 g/mol. The molecule has 1 heterocycles. The maximum Gasteiger partial charge on any atom is 0.245 e. The number of nitrogens with zero attached hydrogens (tertiary/aromatic N) is 1. The van der Waals surface area contributed by atoms with E-state index in [9.17, 15) is 0 Å². The van der Waals surface area contributed by atoms with Crippen molar-refractivity contribution in [3.8, 4) is 0 Å². The highest BCUT2D eigenvalue weighted by atomic mass is 79.9. The number of hydrogen-bond acceptors (Lipinski definition) is 3. The number of halogens is 1. The molecule has 1 aliphatic rings. The van der Waals surface area contributed by atoms with Crippen LogP contribution in [0.4, 0.5) is 5.69 Å². The highest BCUT2D eigenvalue weighted by Crippen LogP contribution is 2.32. The third-order valence-corrected chi connectivity index (χ3v) is 3.27. The van der Waals surface area contributed by atoms with E-state index in [4.69, 9.17) is 9.47 Å². The van der Waals surface area contributed by atoms with E-state index in [2.05, 4.69) is 4.99 Å². The molecule has 0 atom stereocenters. The minimum absolute atomic E-state index is 0. The summed E-state index contributed by atoms with van der Waals surface area (Å²) in [4.78, 5) is 4.39. The van der Waals surface area contributed by atoms with Gasteiger partial charge in [-0.1, -0.05) is 48.5 Å². The topological polar surface area (TPSA) is 30.8 Å². The van der Waals surface area contributed by atoms with Crippen LogP contribution >= 0.6 is 17.0 Å². The highest BCUT2D eigenvalue weighted by molar-refractivity contribution is 8.93. The number of rotatable bonds is 3. The fourth-order valence-electron chi connectivity index (χ4n) is 2.30. The molecule has 24 heavy (non-hydrogen) atoms. The molecule has 124 valence electrons. The van der Waals surface area contributed by atoms with Gasteiger partial charge in [0.1, 0.15) is 11.5 Å². The lowest BCUT2D eigenvalue weighted by Crippen LogP contribution is -2.30. The summed E-state index contributed by atoms with van der Waals surface area (Å²) in [6, 6.07) is 19.8. The van der Waals surface area contributed by atoms with Gasteiger partial charge in [-0.3, -0.25) is 4.99 Å². The molecular formula is C20H20BrNO2. The van der Waals surface area contributed by atoms with E-state index in [-0.39, 0.29) is 17.0 Å². The number of allylic oxidation sites excluding steroid dienone is 2. The molecule has 0 saturated carbocycles. The van der Waals surface area contributed by atoms with Crippen molar-refractivity contribution >= 4 is 34.6 Å². The fourth-order valence-corrected chi connectivity index (χ4v) is 2.30. The summed E-state index contributed by atoms with van der Waals surface area (Å²) in [6.45, 7) is 3.79. The van der Waals surface area contributed by atoms with Crippen LogP contribution in [0.3, 0.4) is 0 Å². The molecule has 2 aromatic carbocycles. The second-order valence-electron chi connectivity index (χ2n) is 5.66. The first kappa shape index (κ1) is 18.0. The van der Waals surface area contributed by atoms with Crippen LogP contribution in [0, 0.1) is 0 Å². The molecule has 3 rings (SSSR count). The Morgan fingerprint density at radius 1 is 0.875 bits per heavy atom. The zero-order valence-electron chi connectivity index (χ0n) is 13.7. The van der Waals surface area contributed by atoms with Gasteiger partial charge in [-0.2, -0.15) is 0 Å². The first-order valence-electron chi connectivity index (χ1n) is 7.57. The van der Waals surface area contributed by atoms with Gasteiger partial charge in [0.15, 0.2) is 0 Å². The number of para-hydroxylation sites is 1. The van der Waals surface area contributed by atoms with Gasteiger partial charge >= 0.3 is 0 Å². The van der Waals surface area contributed by atoms with Crippen molar-refractivity contribution in [3.05, 3.63) is 84.1 Å². The quantitative estimate of drug-likeness (QED) is 0.636. The standard InChI is InChI=1S/C20H19NO2.BrH/c1-20(2)22-18(13-14-21-17-11-7-4-8-12-17)15-19(23-20)16-9-5-3-6-10-16;/h3-15H,1-2H3;1H/b18-13-,21-14?;. The first-order chi connectivity index (χ1) is 11.1. The van der Waals surface area contributed by atoms with Crippen LogP contribution in [0.1, 0.15) is 19.4 Å². The Morgan fingerprint density at radius 2 is 1.50 bits per heavy atom. The molecule has 1 aliphatic heterocycles. The second-order valence-corrected chi connectivity index (χ2v) is 5.66. The summed E-state index contributed by atoms with van der Waals surface area (Å²) in [7, 11) is 0. The molecule has 0 amide bonds. The molecule has 0 N–H and O–H groups in total. The summed E-state index contributed by atoms with van der Waals surface area (Å²) < 4.78 is 11.7. The van der Waals surface area contributed by atoms with Gasteiger partial charge in [0, 0.05) is 31.7 Å². The molecule has 4 heteroatoms. The molecule has 0 aliphatic carbocycles. The molecule has 0 fully saturated rings. The zero-order chi connectivity index (χ0) is 16.1. The lowest BCUT2D eigenvalue weighted by molar-refractivity contribution is -0.149. The summed E-state index contributed by atoms with van der Waals surface area (Å²) >= 11 is 0. The predicted octanol–water partition coefficient (Wildman–Crippen LogP) is 5.67. The van der Waals surface area contributed by atoms with Crippen molar-refractivity contribution in [3.63, 3.8) is 0 Å². The van der Waals surface area contributed by atoms with Gasteiger partial charge in [0.05, 0.1) is 5.69 Å². The van der Waals surface area contributed by atoms with Crippen LogP contribution in [0.5, 0.6) is 0 Å². The molecule has 0 saturated heterocycles. The molecule has 0 bridgehead atoms. The smallest absolute Gasteiger partial charge is 0.245 e. The van der Waals surface area contributed by atoms with E-state index in [0.717, 1.165) is 22.8 Å². The van der Waals surface area contributed by atoms with Crippen molar-refractivity contribution in [2.24, 2.45) is 4.99 Å². The van der Waals surface area contributed by atoms with Crippen molar-refractivity contribution in [2.75, 3.05) is 0 Å². The predicted molar refractivity (Wildman–Crippen MR) is 104 cm³/mol. The number of hydrogen-bond donors (Lipinski definition) is 0. The average Bonchev–Trinajstić information content (AvgIpc) is 2.55. The van der Waals surface area contributed by atoms with Gasteiger partial charge in [-0.05, 0) is 18.2 Å². The van der Waals surface area contributed by atoms with Crippen molar-refractivity contribution in [1.29, 1.82) is 0 Å². The van der Waals surface area contributed by atoms with Crippen molar-refractivity contribution in [2.45, 2.75) is 19.6 Å². The van der Waals surface area contributed by atoms with E-state index in [1.54, 1.807) is 6.21 Å². The van der Waals surface area contributed by atoms with Gasteiger partial charge in [0.2, 0.25) is 5.79 Å².